The monoisotopic (exact) mass is 263 g/mol. The second-order valence-electron chi connectivity index (χ2n) is 3.59. The van der Waals surface area contributed by atoms with Crippen LogP contribution in [0.25, 0.3) is 0 Å². The van der Waals surface area contributed by atoms with Crippen molar-refractivity contribution < 1.29 is 23.6 Å². The van der Waals surface area contributed by atoms with E-state index < -0.39 is 29.9 Å². The third-order valence-electron chi connectivity index (χ3n) is 2.25. The highest BCUT2D eigenvalue weighted by molar-refractivity contribution is 5.93. The number of nitro groups is 1. The van der Waals surface area contributed by atoms with Crippen molar-refractivity contribution in [3.63, 3.8) is 0 Å². The molecular formula is C9H11F2N3O4. The van der Waals surface area contributed by atoms with E-state index in [-0.39, 0.29) is 11.5 Å². The van der Waals surface area contributed by atoms with Gasteiger partial charge in [-0.05, 0) is 11.0 Å². The van der Waals surface area contributed by atoms with Crippen LogP contribution in [-0.2, 0) is 7.05 Å². The van der Waals surface area contributed by atoms with E-state index in [0.29, 0.717) is 0 Å². The first kappa shape index (κ1) is 14.0. The summed E-state index contributed by atoms with van der Waals surface area (Å²) in [6.45, 7) is -2.43. The lowest BCUT2D eigenvalue weighted by atomic mass is 10.3. The Morgan fingerprint density at radius 3 is 2.67 bits per heavy atom. The number of halogens is 2. The van der Waals surface area contributed by atoms with Crippen molar-refractivity contribution in [3.05, 3.63) is 27.9 Å². The van der Waals surface area contributed by atoms with Crippen LogP contribution in [0.2, 0.25) is 0 Å². The first-order valence-electron chi connectivity index (χ1n) is 4.85. The van der Waals surface area contributed by atoms with Gasteiger partial charge in [0.2, 0.25) is 0 Å². The number of aromatic nitrogens is 1. The molecule has 0 aliphatic carbocycles. The molecule has 0 saturated carbocycles. The average Bonchev–Trinajstić information content (AvgIpc) is 2.68. The van der Waals surface area contributed by atoms with Crippen molar-refractivity contribution in [1.82, 2.24) is 9.88 Å². The standard InChI is InChI=1S/C9H11F2N3O4/c1-13-6(2-3-7(13)14(17)18)8(16)12-4-9(10,11)5-15/h2-3,15H,4-5H2,1H3,(H,12,16). The van der Waals surface area contributed by atoms with Crippen molar-refractivity contribution in [2.75, 3.05) is 13.2 Å². The van der Waals surface area contributed by atoms with Crippen LogP contribution in [0.5, 0.6) is 0 Å². The van der Waals surface area contributed by atoms with Crippen LogP contribution in [0.1, 0.15) is 10.5 Å². The largest absolute Gasteiger partial charge is 0.390 e. The van der Waals surface area contributed by atoms with Crippen molar-refractivity contribution in [2.24, 2.45) is 7.05 Å². The minimum Gasteiger partial charge on any atom is -0.390 e. The second-order valence-corrected chi connectivity index (χ2v) is 3.59. The predicted molar refractivity (Wildman–Crippen MR) is 56.4 cm³/mol. The molecule has 18 heavy (non-hydrogen) atoms. The van der Waals surface area contributed by atoms with E-state index >= 15 is 0 Å². The summed E-state index contributed by atoms with van der Waals surface area (Å²) in [7, 11) is 1.28. The molecule has 0 unspecified atom stereocenters. The van der Waals surface area contributed by atoms with Gasteiger partial charge in [0.15, 0.2) is 5.69 Å². The molecule has 1 heterocycles. The number of hydrogen-bond acceptors (Lipinski definition) is 4. The van der Waals surface area contributed by atoms with Crippen molar-refractivity contribution in [1.29, 1.82) is 0 Å². The topological polar surface area (TPSA) is 97.4 Å². The van der Waals surface area contributed by atoms with Crippen LogP contribution in [-0.4, -0.2) is 39.6 Å². The quantitative estimate of drug-likeness (QED) is 0.589. The molecule has 0 aromatic carbocycles. The summed E-state index contributed by atoms with van der Waals surface area (Å²) in [5.41, 5.74) is -0.115. The Kier molecular flexibility index (Phi) is 3.96. The SMILES string of the molecule is Cn1c(C(=O)NCC(F)(F)CO)ccc1[N+](=O)[O-]. The Bertz CT molecular complexity index is 472. The lowest BCUT2D eigenvalue weighted by Gasteiger charge is -2.13. The lowest BCUT2D eigenvalue weighted by molar-refractivity contribution is -0.391. The summed E-state index contributed by atoms with van der Waals surface area (Å²) in [5.74, 6) is -4.62. The van der Waals surface area contributed by atoms with Gasteiger partial charge in [-0.15, -0.1) is 0 Å². The minimum absolute atomic E-state index is 0.115. The zero-order valence-corrected chi connectivity index (χ0v) is 9.39. The average molecular weight is 263 g/mol. The van der Waals surface area contributed by atoms with Gasteiger partial charge < -0.3 is 20.5 Å². The number of nitrogens with zero attached hydrogens (tertiary/aromatic N) is 2. The molecule has 1 amide bonds. The van der Waals surface area contributed by atoms with E-state index in [4.69, 9.17) is 5.11 Å². The van der Waals surface area contributed by atoms with Gasteiger partial charge in [0.05, 0.1) is 13.6 Å². The number of aliphatic hydroxyl groups excluding tert-OH is 1. The van der Waals surface area contributed by atoms with Gasteiger partial charge in [-0.1, -0.05) is 0 Å². The highest BCUT2D eigenvalue weighted by Crippen LogP contribution is 2.15. The number of nitrogens with one attached hydrogen (secondary N) is 1. The Morgan fingerprint density at radius 1 is 1.61 bits per heavy atom. The van der Waals surface area contributed by atoms with Gasteiger partial charge in [-0.25, -0.2) is 13.3 Å². The Morgan fingerprint density at radius 2 is 2.22 bits per heavy atom. The summed E-state index contributed by atoms with van der Waals surface area (Å²) < 4.78 is 26.3. The van der Waals surface area contributed by atoms with Gasteiger partial charge >= 0.3 is 5.82 Å². The van der Waals surface area contributed by atoms with E-state index in [1.807, 2.05) is 5.32 Å². The molecule has 0 saturated heterocycles. The number of alkyl halides is 2. The van der Waals surface area contributed by atoms with Crippen LogP contribution < -0.4 is 5.32 Å². The Balaban J connectivity index is 2.77. The molecular weight excluding hydrogens is 252 g/mol. The molecule has 0 atom stereocenters. The summed E-state index contributed by atoms with van der Waals surface area (Å²) in [6.07, 6.45) is 0. The Labute approximate surface area is 100 Å². The lowest BCUT2D eigenvalue weighted by Crippen LogP contribution is -2.39. The molecule has 0 bridgehead atoms. The minimum atomic E-state index is -3.42. The number of aliphatic hydroxyl groups is 1. The van der Waals surface area contributed by atoms with Crippen LogP contribution in [0, 0.1) is 10.1 Å². The molecule has 0 aliphatic rings. The third kappa shape index (κ3) is 3.00. The first-order valence-corrected chi connectivity index (χ1v) is 4.85. The smallest absolute Gasteiger partial charge is 0.323 e. The number of hydrogen-bond donors (Lipinski definition) is 2. The normalized spacial score (nSPS) is 11.3. The van der Waals surface area contributed by atoms with Gasteiger partial charge in [0, 0.05) is 6.07 Å². The summed E-state index contributed by atoms with van der Waals surface area (Å²) >= 11 is 0. The molecule has 2 N–H and O–H groups in total. The van der Waals surface area contributed by atoms with Crippen molar-refractivity contribution in [2.45, 2.75) is 5.92 Å². The van der Waals surface area contributed by atoms with E-state index in [9.17, 15) is 23.7 Å². The van der Waals surface area contributed by atoms with E-state index in [1.54, 1.807) is 0 Å². The molecule has 0 spiro atoms. The maximum absolute atomic E-state index is 12.7. The van der Waals surface area contributed by atoms with E-state index in [0.717, 1.165) is 16.7 Å². The molecule has 1 aromatic rings. The van der Waals surface area contributed by atoms with Crippen LogP contribution in [0.3, 0.4) is 0 Å². The zero-order valence-electron chi connectivity index (χ0n) is 9.39. The summed E-state index contributed by atoms with van der Waals surface area (Å²) in [5, 5.41) is 20.7. The second kappa shape index (κ2) is 5.08. The maximum Gasteiger partial charge on any atom is 0.323 e. The molecule has 7 nitrogen and oxygen atoms in total. The van der Waals surface area contributed by atoms with Gasteiger partial charge in [0.1, 0.15) is 6.61 Å². The number of carbonyl (C=O) groups excluding carboxylic acids is 1. The van der Waals surface area contributed by atoms with Crippen molar-refractivity contribution >= 4 is 11.7 Å². The molecule has 1 rings (SSSR count). The van der Waals surface area contributed by atoms with Crippen LogP contribution in [0.15, 0.2) is 12.1 Å². The molecule has 9 heteroatoms. The molecule has 0 fully saturated rings. The molecule has 100 valence electrons. The molecule has 1 aromatic heterocycles. The third-order valence-corrected chi connectivity index (χ3v) is 2.25. The van der Waals surface area contributed by atoms with Crippen LogP contribution >= 0.6 is 0 Å². The van der Waals surface area contributed by atoms with E-state index in [1.165, 1.54) is 7.05 Å². The first-order chi connectivity index (χ1) is 8.28. The van der Waals surface area contributed by atoms with Crippen molar-refractivity contribution in [3.8, 4) is 0 Å². The van der Waals surface area contributed by atoms with Crippen LogP contribution in [0.4, 0.5) is 14.6 Å². The number of amides is 1. The summed E-state index contributed by atoms with van der Waals surface area (Å²) in [4.78, 5) is 21.3. The maximum atomic E-state index is 12.7. The number of carbonyl (C=O) groups is 1. The van der Waals surface area contributed by atoms with E-state index in [2.05, 4.69) is 0 Å². The Hall–Kier alpha value is -2.03. The highest BCUT2D eigenvalue weighted by atomic mass is 19.3. The van der Waals surface area contributed by atoms with Gasteiger partial charge in [-0.2, -0.15) is 0 Å². The fraction of sp³-hybridized carbons (Fsp3) is 0.444. The number of rotatable bonds is 5. The molecule has 0 aliphatic heterocycles. The summed E-state index contributed by atoms with van der Waals surface area (Å²) in [6, 6.07) is 2.25. The molecule has 0 radical (unpaired) electrons. The fourth-order valence-corrected chi connectivity index (χ4v) is 1.27. The zero-order chi connectivity index (χ0) is 13.9. The van der Waals surface area contributed by atoms with Gasteiger partial charge in [-0.3, -0.25) is 4.79 Å². The van der Waals surface area contributed by atoms with Gasteiger partial charge in [0.25, 0.3) is 11.8 Å². The predicted octanol–water partition coefficient (Wildman–Crippen LogP) is 0.291. The highest BCUT2D eigenvalue weighted by Gasteiger charge is 2.29. The fourth-order valence-electron chi connectivity index (χ4n) is 1.27.